The molecule has 0 N–H and O–H groups in total. The molecule has 0 saturated heterocycles. The third kappa shape index (κ3) is 17.5. The fourth-order valence-electron chi connectivity index (χ4n) is 7.13. The van der Waals surface area contributed by atoms with Gasteiger partial charge in [0.2, 0.25) is 0 Å². The third-order valence-electron chi connectivity index (χ3n) is 9.81. The monoisotopic (exact) mass is 1050 g/mol. The van der Waals surface area contributed by atoms with E-state index in [9.17, 15) is 0 Å². The quantitative estimate of drug-likeness (QED) is 0.0472. The number of thiol groups is 1. The van der Waals surface area contributed by atoms with Crippen LogP contribution in [-0.4, -0.2) is 43.5 Å². The Morgan fingerprint density at radius 1 is 0.705 bits per heavy atom. The summed E-state index contributed by atoms with van der Waals surface area (Å²) in [6, 6.07) is 45.9. The van der Waals surface area contributed by atoms with Gasteiger partial charge in [-0.1, -0.05) is 147 Å². The average molecular weight is 1050 g/mol. The number of nitrogens with zero attached hydrogens (tertiary/aromatic N) is 2. The van der Waals surface area contributed by atoms with E-state index in [-0.39, 0.29) is 117 Å². The Labute approximate surface area is 485 Å². The SMILES string of the molecule is CN1Cc2c(Cl)cc(Cl)cc2C(c2cccc(Br)c2)C1.CN1Cc2c(Cl)cc(Cl)cc2C(c2cccc(SCc3ccccc3)c2)C1.O=CO[O-].SCc1ccccc1.[H-].[K+].[K+]. The van der Waals surface area contributed by atoms with Crippen LogP contribution in [0, 0.1) is 0 Å². The number of benzene rings is 6. The normalized spacial score (nSPS) is 15.2. The van der Waals surface area contributed by atoms with Crippen molar-refractivity contribution in [2.24, 2.45) is 0 Å². The number of halogens is 5. The van der Waals surface area contributed by atoms with Crippen molar-refractivity contribution in [2.45, 2.75) is 41.3 Å². The predicted octanol–water partition coefficient (Wildman–Crippen LogP) is 6.87. The van der Waals surface area contributed by atoms with Crippen LogP contribution in [0.3, 0.4) is 0 Å². The largest absolute Gasteiger partial charge is 1.00 e. The van der Waals surface area contributed by atoms with Crippen LogP contribution < -0.4 is 108 Å². The van der Waals surface area contributed by atoms with Crippen molar-refractivity contribution in [3.05, 3.63) is 203 Å². The zero-order valence-corrected chi connectivity index (χ0v) is 47.1. The molecule has 2 aliphatic heterocycles. The minimum absolute atomic E-state index is 0. The molecule has 0 bridgehead atoms. The predicted molar refractivity (Wildman–Crippen MR) is 253 cm³/mol. The molecule has 6 aromatic carbocycles. The first-order chi connectivity index (χ1) is 28.5. The Balaban J connectivity index is 0.000000332. The van der Waals surface area contributed by atoms with Crippen LogP contribution in [0.25, 0.3) is 0 Å². The van der Waals surface area contributed by atoms with Crippen LogP contribution in [0.4, 0.5) is 0 Å². The molecule has 61 heavy (non-hydrogen) atoms. The van der Waals surface area contributed by atoms with E-state index in [2.05, 4.69) is 154 Å². The van der Waals surface area contributed by atoms with Crippen molar-refractivity contribution >= 4 is 93.2 Å². The van der Waals surface area contributed by atoms with Crippen LogP contribution in [0.1, 0.15) is 57.8 Å². The van der Waals surface area contributed by atoms with Gasteiger partial charge < -0.3 is 21.4 Å². The minimum atomic E-state index is -0.181. The van der Waals surface area contributed by atoms with Gasteiger partial charge >= 0.3 is 103 Å². The summed E-state index contributed by atoms with van der Waals surface area (Å²) in [7, 11) is 4.27. The molecular formula is C47H45BrCl4K2N2O3S2. The Hall–Kier alpha value is 0.283. The maximum atomic E-state index is 8.64. The van der Waals surface area contributed by atoms with E-state index < -0.39 is 0 Å². The van der Waals surface area contributed by atoms with E-state index in [4.69, 9.17) is 56.5 Å². The Morgan fingerprint density at radius 3 is 1.61 bits per heavy atom. The fourth-order valence-corrected chi connectivity index (χ4v) is 9.82. The molecule has 0 aliphatic carbocycles. The Bertz CT molecular complexity index is 2290. The average Bonchev–Trinajstić information content (AvgIpc) is 3.24. The van der Waals surface area contributed by atoms with Crippen molar-refractivity contribution < 1.29 is 119 Å². The molecule has 2 heterocycles. The smallest absolute Gasteiger partial charge is 1.00 e. The van der Waals surface area contributed by atoms with Gasteiger partial charge in [0, 0.05) is 79.0 Å². The maximum absolute atomic E-state index is 8.64. The second-order valence-corrected chi connectivity index (χ2v) is 18.1. The molecule has 0 saturated carbocycles. The molecular weight excluding hydrogens is 1000 g/mol. The first kappa shape index (κ1) is 55.6. The van der Waals surface area contributed by atoms with Gasteiger partial charge in [-0.2, -0.15) is 12.6 Å². The van der Waals surface area contributed by atoms with Gasteiger partial charge in [-0.3, -0.25) is 4.79 Å². The molecule has 2 aliphatic rings. The van der Waals surface area contributed by atoms with E-state index in [1.807, 2.05) is 48.2 Å². The number of hydrogen-bond acceptors (Lipinski definition) is 7. The van der Waals surface area contributed by atoms with Crippen LogP contribution in [-0.2, 0) is 34.3 Å². The van der Waals surface area contributed by atoms with E-state index in [1.165, 1.54) is 49.4 Å². The van der Waals surface area contributed by atoms with Crippen molar-refractivity contribution in [3.8, 4) is 0 Å². The molecule has 0 fully saturated rings. The number of carbonyl (C=O) groups is 1. The van der Waals surface area contributed by atoms with Gasteiger partial charge in [-0.25, -0.2) is 0 Å². The molecule has 6 aromatic rings. The number of rotatable bonds is 7. The van der Waals surface area contributed by atoms with Gasteiger partial charge in [-0.05, 0) is 107 Å². The molecule has 0 amide bonds. The summed E-state index contributed by atoms with van der Waals surface area (Å²) in [5.74, 6) is 2.40. The molecule has 0 aromatic heterocycles. The van der Waals surface area contributed by atoms with Gasteiger partial charge in [0.1, 0.15) is 0 Å². The summed E-state index contributed by atoms with van der Waals surface area (Å²) in [4.78, 5) is 17.2. The van der Waals surface area contributed by atoms with Crippen molar-refractivity contribution in [1.29, 1.82) is 0 Å². The van der Waals surface area contributed by atoms with Crippen molar-refractivity contribution in [3.63, 3.8) is 0 Å². The van der Waals surface area contributed by atoms with Gasteiger partial charge in [0.05, 0.1) is 0 Å². The van der Waals surface area contributed by atoms with E-state index >= 15 is 0 Å². The molecule has 8 rings (SSSR count). The van der Waals surface area contributed by atoms with Crippen LogP contribution in [0.2, 0.25) is 20.1 Å². The standard InChI is InChI=1S/C23H21Cl2NS.C16H14BrCl2N.C7H8S.CH2O3.2K.H/c1-26-13-21(20-11-18(24)12-23(25)22(20)14-26)17-8-5-9-19(10-17)27-15-16-6-3-2-4-7-16;1-20-8-14(10-3-2-4-11(17)5-10)13-6-12(18)7-16(19)15(13)9-20;8-6-7-4-2-1-3-5-7;2-1-4-3;;;/h2-12,21H,13-15H2,1H3;2-7,14H,8-9H2,1H3;1-5,8H,6H2;1,3H;;;/q;;;;2*+1;-1/p-1. The molecule has 310 valence electrons. The molecule has 14 heteroatoms. The van der Waals surface area contributed by atoms with Crippen LogP contribution in [0.15, 0.2) is 143 Å². The summed E-state index contributed by atoms with van der Waals surface area (Å²) in [6.07, 6.45) is 0. The summed E-state index contributed by atoms with van der Waals surface area (Å²) in [5.41, 5.74) is 10.1. The number of thioether (sulfide) groups is 1. The van der Waals surface area contributed by atoms with E-state index in [0.717, 1.165) is 52.2 Å². The van der Waals surface area contributed by atoms with E-state index in [1.54, 1.807) is 0 Å². The number of likely N-dealkylation sites (N-methyl/N-ethyl adjacent to an activating group) is 2. The number of hydrogen-bond donors (Lipinski definition) is 1. The van der Waals surface area contributed by atoms with Crippen LogP contribution in [0.5, 0.6) is 0 Å². The molecule has 2 unspecified atom stereocenters. The Kier molecular flexibility index (Phi) is 26.6. The van der Waals surface area contributed by atoms with Gasteiger partial charge in [0.25, 0.3) is 6.47 Å². The third-order valence-corrected chi connectivity index (χ3v) is 12.8. The van der Waals surface area contributed by atoms with Gasteiger partial charge in [-0.15, -0.1) is 11.8 Å². The van der Waals surface area contributed by atoms with Crippen molar-refractivity contribution in [2.75, 3.05) is 27.2 Å². The first-order valence-electron chi connectivity index (χ1n) is 18.7. The molecule has 0 radical (unpaired) electrons. The second kappa shape index (κ2) is 29.1. The molecule has 0 spiro atoms. The van der Waals surface area contributed by atoms with E-state index in [0.29, 0.717) is 16.0 Å². The zero-order chi connectivity index (χ0) is 42.3. The second-order valence-electron chi connectivity index (χ2n) is 14.1. The van der Waals surface area contributed by atoms with Crippen LogP contribution >= 0.6 is 86.7 Å². The summed E-state index contributed by atoms with van der Waals surface area (Å²) in [6.45, 7) is 3.50. The minimum Gasteiger partial charge on any atom is -1.00 e. The molecule has 2 atom stereocenters. The fraction of sp³-hybridized carbons (Fsp3) is 0.213. The Morgan fingerprint density at radius 2 is 1.16 bits per heavy atom. The summed E-state index contributed by atoms with van der Waals surface area (Å²) >= 11 is 34.9. The zero-order valence-electron chi connectivity index (χ0n) is 35.5. The molecule has 5 nitrogen and oxygen atoms in total. The maximum Gasteiger partial charge on any atom is 1.00 e. The summed E-state index contributed by atoms with van der Waals surface area (Å²) < 4.78 is 1.10. The number of fused-ring (bicyclic) bond motifs is 2. The van der Waals surface area contributed by atoms with Gasteiger partial charge in [0.15, 0.2) is 0 Å². The topological polar surface area (TPSA) is 55.8 Å². The summed E-state index contributed by atoms with van der Waals surface area (Å²) in [5, 5.41) is 11.4. The first-order valence-corrected chi connectivity index (χ1v) is 22.6. The number of carbonyl (C=O) groups excluding carboxylic acids is 1. The van der Waals surface area contributed by atoms with Crippen molar-refractivity contribution in [1.82, 2.24) is 9.80 Å².